The van der Waals surface area contributed by atoms with E-state index < -0.39 is 35.6 Å². The molecule has 0 aliphatic carbocycles. The lowest BCUT2D eigenvalue weighted by atomic mass is 9.97. The highest BCUT2D eigenvalue weighted by Crippen LogP contribution is 2.33. The molecule has 6 rings (SSSR count). The summed E-state index contributed by atoms with van der Waals surface area (Å²) in [5, 5.41) is 19.0. The summed E-state index contributed by atoms with van der Waals surface area (Å²) in [6.07, 6.45) is 0.225. The van der Waals surface area contributed by atoms with Gasteiger partial charge in [-0.15, -0.1) is 10.2 Å². The van der Waals surface area contributed by atoms with Crippen LogP contribution in [0.4, 0.5) is 11.5 Å². The minimum Gasteiger partial charge on any atom is -0.476 e. The number of carboxylic acid groups (broad SMARTS) is 1. The number of hydrogen-bond donors (Lipinski definition) is 2. The summed E-state index contributed by atoms with van der Waals surface area (Å²) in [4.78, 5) is 68.4. The second-order valence-electron chi connectivity index (χ2n) is 10.3. The summed E-state index contributed by atoms with van der Waals surface area (Å²) < 4.78 is 0. The van der Waals surface area contributed by atoms with Crippen molar-refractivity contribution in [1.29, 1.82) is 0 Å². The minimum atomic E-state index is -1.09. The number of hydrogen-bond acceptors (Lipinski definition) is 10. The van der Waals surface area contributed by atoms with Crippen LogP contribution in [-0.2, 0) is 9.59 Å². The number of rotatable bonds is 6. The molecular formula is C26H27N7O6. The van der Waals surface area contributed by atoms with Gasteiger partial charge in [-0.05, 0) is 36.8 Å². The predicted octanol–water partition coefficient (Wildman–Crippen LogP) is -0.166. The number of nitrogens with one attached hydrogen (secondary N) is 1. The molecule has 13 nitrogen and oxygen atoms in total. The Balaban J connectivity index is 1.02. The topological polar surface area (TPSA) is 156 Å². The molecule has 0 bridgehead atoms. The fourth-order valence-electron chi connectivity index (χ4n) is 5.68. The number of piperidine rings is 1. The van der Waals surface area contributed by atoms with E-state index in [0.717, 1.165) is 56.4 Å². The number of nitrogens with zero attached hydrogens (tertiary/aromatic N) is 6. The van der Waals surface area contributed by atoms with Gasteiger partial charge in [0.25, 0.3) is 11.8 Å². The first-order chi connectivity index (χ1) is 18.8. The average molecular weight is 534 g/mol. The quantitative estimate of drug-likeness (QED) is 0.476. The van der Waals surface area contributed by atoms with Crippen molar-refractivity contribution in [3.63, 3.8) is 0 Å². The number of anilines is 2. The molecule has 1 atom stereocenters. The van der Waals surface area contributed by atoms with Gasteiger partial charge in [-0.25, -0.2) is 4.79 Å². The van der Waals surface area contributed by atoms with Crippen LogP contribution in [0.3, 0.4) is 0 Å². The van der Waals surface area contributed by atoms with Crippen molar-refractivity contribution in [1.82, 2.24) is 25.3 Å². The first kappa shape index (κ1) is 24.9. The second kappa shape index (κ2) is 9.73. The molecule has 4 aliphatic heterocycles. The Labute approximate surface area is 223 Å². The molecule has 0 spiro atoms. The summed E-state index contributed by atoms with van der Waals surface area (Å²) in [6, 6.07) is 7.40. The molecule has 3 fully saturated rings. The van der Waals surface area contributed by atoms with Gasteiger partial charge in [-0.3, -0.25) is 34.3 Å². The SMILES string of the molecule is O=C1CCC(N2C(=O)c3ccc(N4CC(CN5CCN(c6ccc(C(=O)O)nn6)CC5)C4)cc3C2=O)C(=O)N1. The van der Waals surface area contributed by atoms with Crippen molar-refractivity contribution in [3.8, 4) is 0 Å². The number of amides is 4. The van der Waals surface area contributed by atoms with Gasteiger partial charge in [0.2, 0.25) is 11.8 Å². The normalized spacial score (nSPS) is 22.2. The van der Waals surface area contributed by atoms with Crippen LogP contribution >= 0.6 is 0 Å². The predicted molar refractivity (Wildman–Crippen MR) is 136 cm³/mol. The molecule has 2 N–H and O–H groups in total. The van der Waals surface area contributed by atoms with Gasteiger partial charge < -0.3 is 14.9 Å². The monoisotopic (exact) mass is 533 g/mol. The maximum Gasteiger partial charge on any atom is 0.356 e. The summed E-state index contributed by atoms with van der Waals surface area (Å²) in [6.45, 7) is 5.90. The molecule has 1 aromatic carbocycles. The van der Waals surface area contributed by atoms with Crippen molar-refractivity contribution in [2.75, 3.05) is 55.6 Å². The zero-order chi connectivity index (χ0) is 27.3. The van der Waals surface area contributed by atoms with Crippen LogP contribution in [-0.4, -0.2) is 107 Å². The minimum absolute atomic E-state index is 0.0714. The summed E-state index contributed by atoms with van der Waals surface area (Å²) >= 11 is 0. The second-order valence-corrected chi connectivity index (χ2v) is 10.3. The maximum atomic E-state index is 13.1. The lowest BCUT2D eigenvalue weighted by Gasteiger charge is -2.45. The van der Waals surface area contributed by atoms with Crippen molar-refractivity contribution >= 4 is 41.1 Å². The number of fused-ring (bicyclic) bond motifs is 1. The van der Waals surface area contributed by atoms with Gasteiger partial charge in [0.1, 0.15) is 6.04 Å². The first-order valence-electron chi connectivity index (χ1n) is 12.9. The molecule has 1 unspecified atom stereocenters. The Kier molecular flexibility index (Phi) is 6.22. The lowest BCUT2D eigenvalue weighted by molar-refractivity contribution is -0.136. The number of carboxylic acids is 1. The molecule has 3 saturated heterocycles. The summed E-state index contributed by atoms with van der Waals surface area (Å²) in [7, 11) is 0. The molecule has 39 heavy (non-hydrogen) atoms. The Morgan fingerprint density at radius 1 is 0.923 bits per heavy atom. The third-order valence-electron chi connectivity index (χ3n) is 7.83. The van der Waals surface area contributed by atoms with E-state index >= 15 is 0 Å². The molecule has 4 amide bonds. The van der Waals surface area contributed by atoms with E-state index in [-0.39, 0.29) is 24.1 Å². The fraction of sp³-hybridized carbons (Fsp3) is 0.423. The van der Waals surface area contributed by atoms with Crippen molar-refractivity contribution < 1.29 is 29.1 Å². The molecule has 4 aliphatic rings. The van der Waals surface area contributed by atoms with E-state index in [0.29, 0.717) is 17.3 Å². The van der Waals surface area contributed by atoms with Gasteiger partial charge in [0.05, 0.1) is 11.1 Å². The number of aromatic nitrogens is 2. The maximum absolute atomic E-state index is 13.1. The smallest absolute Gasteiger partial charge is 0.356 e. The Morgan fingerprint density at radius 3 is 2.33 bits per heavy atom. The fourth-order valence-corrected chi connectivity index (χ4v) is 5.68. The Hall–Kier alpha value is -4.39. The largest absolute Gasteiger partial charge is 0.476 e. The van der Waals surface area contributed by atoms with Gasteiger partial charge in [0.15, 0.2) is 11.5 Å². The zero-order valence-corrected chi connectivity index (χ0v) is 21.1. The van der Waals surface area contributed by atoms with Gasteiger partial charge in [0, 0.05) is 63.8 Å². The van der Waals surface area contributed by atoms with Crippen LogP contribution < -0.4 is 15.1 Å². The van der Waals surface area contributed by atoms with Gasteiger partial charge in [-0.2, -0.15) is 0 Å². The number of piperazine rings is 1. The lowest BCUT2D eigenvalue weighted by Crippen LogP contribution is -2.55. The third-order valence-corrected chi connectivity index (χ3v) is 7.83. The van der Waals surface area contributed by atoms with Crippen LogP contribution in [0.1, 0.15) is 44.0 Å². The number of carbonyl (C=O) groups excluding carboxylic acids is 4. The van der Waals surface area contributed by atoms with Crippen molar-refractivity contribution in [2.45, 2.75) is 18.9 Å². The van der Waals surface area contributed by atoms with Crippen LogP contribution in [0.2, 0.25) is 0 Å². The Morgan fingerprint density at radius 2 is 1.67 bits per heavy atom. The van der Waals surface area contributed by atoms with E-state index in [2.05, 4.69) is 30.2 Å². The van der Waals surface area contributed by atoms with E-state index in [4.69, 9.17) is 5.11 Å². The number of imide groups is 2. The van der Waals surface area contributed by atoms with Crippen LogP contribution in [0, 0.1) is 5.92 Å². The number of aromatic carboxylic acids is 1. The third kappa shape index (κ3) is 4.58. The van der Waals surface area contributed by atoms with E-state index in [1.807, 2.05) is 6.07 Å². The summed E-state index contributed by atoms with van der Waals surface area (Å²) in [5.41, 5.74) is 1.37. The molecule has 0 radical (unpaired) electrons. The first-order valence-corrected chi connectivity index (χ1v) is 12.9. The average Bonchev–Trinajstić information content (AvgIpc) is 3.15. The molecule has 5 heterocycles. The summed E-state index contributed by atoms with van der Waals surface area (Å²) in [5.74, 6) is -1.96. The highest BCUT2D eigenvalue weighted by Gasteiger charge is 2.45. The number of benzene rings is 1. The Bertz CT molecular complexity index is 1370. The zero-order valence-electron chi connectivity index (χ0n) is 21.1. The van der Waals surface area contributed by atoms with E-state index in [1.54, 1.807) is 18.2 Å². The van der Waals surface area contributed by atoms with Crippen LogP contribution in [0.5, 0.6) is 0 Å². The van der Waals surface area contributed by atoms with Crippen LogP contribution in [0.15, 0.2) is 30.3 Å². The molecule has 2 aromatic rings. The van der Waals surface area contributed by atoms with Crippen molar-refractivity contribution in [3.05, 3.63) is 47.2 Å². The standard InChI is InChI=1S/C26H27N7O6/c34-22-6-4-20(23(35)27-22)33-24(36)17-2-1-16(11-18(17)25(33)37)32-13-15(14-32)12-30-7-9-31(10-8-30)21-5-3-19(26(38)39)28-29-21/h1-3,5,11,15,20H,4,6-10,12-14H2,(H,38,39)(H,27,34,35). The van der Waals surface area contributed by atoms with Crippen LogP contribution in [0.25, 0.3) is 0 Å². The molecule has 1 aromatic heterocycles. The molecule has 13 heteroatoms. The molecular weight excluding hydrogens is 506 g/mol. The molecule has 202 valence electrons. The highest BCUT2D eigenvalue weighted by atomic mass is 16.4. The van der Waals surface area contributed by atoms with E-state index in [1.165, 1.54) is 6.07 Å². The van der Waals surface area contributed by atoms with E-state index in [9.17, 15) is 24.0 Å². The van der Waals surface area contributed by atoms with Gasteiger partial charge >= 0.3 is 5.97 Å². The number of carbonyl (C=O) groups is 5. The highest BCUT2D eigenvalue weighted by molar-refractivity contribution is 6.23. The van der Waals surface area contributed by atoms with Gasteiger partial charge in [-0.1, -0.05) is 0 Å². The van der Waals surface area contributed by atoms with Crippen molar-refractivity contribution in [2.24, 2.45) is 5.92 Å². The molecule has 0 saturated carbocycles.